The number of H-pyrrole nitrogens is 1. The van der Waals surface area contributed by atoms with Gasteiger partial charge in [0.25, 0.3) is 5.56 Å². The highest BCUT2D eigenvalue weighted by atomic mass is 79.9. The molecule has 0 amide bonds. The Morgan fingerprint density at radius 1 is 1.27 bits per heavy atom. The van der Waals surface area contributed by atoms with Crippen LogP contribution in [0.2, 0.25) is 0 Å². The highest BCUT2D eigenvalue weighted by Crippen LogP contribution is 2.33. The molecule has 2 aromatic rings. The van der Waals surface area contributed by atoms with Crippen molar-refractivity contribution >= 4 is 21.6 Å². The van der Waals surface area contributed by atoms with Crippen LogP contribution < -0.4 is 15.8 Å². The first-order valence-electron chi connectivity index (χ1n) is 10.6. The zero-order chi connectivity index (χ0) is 21.8. The second kappa shape index (κ2) is 10.1. The number of rotatable bonds is 7. The van der Waals surface area contributed by atoms with Gasteiger partial charge in [0, 0.05) is 59.3 Å². The molecule has 1 saturated heterocycles. The number of benzene rings is 1. The molecule has 1 atom stereocenters. The minimum atomic E-state index is -0.880. The van der Waals surface area contributed by atoms with Crippen LogP contribution in [0.3, 0.4) is 0 Å². The zero-order valence-electron chi connectivity index (χ0n) is 18.2. The first-order chi connectivity index (χ1) is 14.3. The molecule has 7 heteroatoms. The number of aliphatic hydroxyl groups is 1. The summed E-state index contributed by atoms with van der Waals surface area (Å²) in [6.45, 7) is 10.8. The predicted molar refractivity (Wildman–Crippen MR) is 124 cm³/mol. The quantitative estimate of drug-likeness (QED) is 0.527. The maximum Gasteiger partial charge on any atom is 0.252 e. The average Bonchev–Trinajstić information content (AvgIpc) is 2.70. The first-order valence-corrected chi connectivity index (χ1v) is 11.4. The number of halogens is 1. The van der Waals surface area contributed by atoms with Crippen LogP contribution in [0.4, 0.5) is 5.69 Å². The van der Waals surface area contributed by atoms with Crippen molar-refractivity contribution in [3.8, 4) is 0 Å². The summed E-state index contributed by atoms with van der Waals surface area (Å²) in [6.07, 6.45) is 1.13. The Morgan fingerprint density at radius 2 is 1.97 bits per heavy atom. The van der Waals surface area contributed by atoms with E-state index in [9.17, 15) is 9.90 Å². The molecule has 3 rings (SSSR count). The van der Waals surface area contributed by atoms with Crippen LogP contribution in [0, 0.1) is 20.8 Å². The molecule has 1 fully saturated rings. The van der Waals surface area contributed by atoms with Gasteiger partial charge >= 0.3 is 0 Å². The summed E-state index contributed by atoms with van der Waals surface area (Å²) in [5.41, 5.74) is 5.26. The number of aryl methyl sites for hydroxylation is 2. The van der Waals surface area contributed by atoms with E-state index in [2.05, 4.69) is 44.1 Å². The zero-order valence-corrected chi connectivity index (χ0v) is 19.8. The standard InChI is InChI=1S/C23H32BrN3O3/c1-5-27(18-6-8-30-9-7-18)21-12-17(24)11-19(16(21)4)22(28)25-13-20-14(2)10-15(3)26-23(20)29/h10-12,18,22,25,28H,5-9,13H2,1-4H3,(H,26,29). The summed E-state index contributed by atoms with van der Waals surface area (Å²) in [7, 11) is 0. The van der Waals surface area contributed by atoms with E-state index in [0.29, 0.717) is 18.2 Å². The molecule has 0 bridgehead atoms. The Balaban J connectivity index is 1.84. The summed E-state index contributed by atoms with van der Waals surface area (Å²) >= 11 is 3.62. The van der Waals surface area contributed by atoms with E-state index in [0.717, 1.165) is 65.1 Å². The Kier molecular flexibility index (Phi) is 7.74. The number of ether oxygens (including phenoxy) is 1. The van der Waals surface area contributed by atoms with E-state index in [1.807, 2.05) is 32.9 Å². The normalized spacial score (nSPS) is 15.9. The van der Waals surface area contributed by atoms with Gasteiger partial charge in [-0.25, -0.2) is 0 Å². The molecule has 0 aliphatic carbocycles. The predicted octanol–water partition coefficient (Wildman–Crippen LogP) is 3.85. The van der Waals surface area contributed by atoms with Crippen LogP contribution >= 0.6 is 15.9 Å². The minimum absolute atomic E-state index is 0.115. The molecular formula is C23H32BrN3O3. The number of aliphatic hydroxyl groups excluding tert-OH is 1. The molecule has 0 saturated carbocycles. The van der Waals surface area contributed by atoms with Crippen molar-refractivity contribution in [2.24, 2.45) is 0 Å². The number of nitrogens with zero attached hydrogens (tertiary/aromatic N) is 1. The molecule has 1 aromatic carbocycles. The van der Waals surface area contributed by atoms with Crippen molar-refractivity contribution in [1.82, 2.24) is 10.3 Å². The Hall–Kier alpha value is -1.67. The maximum atomic E-state index is 12.3. The van der Waals surface area contributed by atoms with Gasteiger partial charge < -0.3 is 19.7 Å². The van der Waals surface area contributed by atoms with Crippen LogP contribution in [0.5, 0.6) is 0 Å². The van der Waals surface area contributed by atoms with Gasteiger partial charge in [-0.3, -0.25) is 10.1 Å². The minimum Gasteiger partial charge on any atom is -0.381 e. The monoisotopic (exact) mass is 477 g/mol. The third-order valence-corrected chi connectivity index (χ3v) is 6.39. The lowest BCUT2D eigenvalue weighted by Gasteiger charge is -2.37. The fourth-order valence-corrected chi connectivity index (χ4v) is 4.76. The lowest BCUT2D eigenvalue weighted by Crippen LogP contribution is -2.40. The molecule has 30 heavy (non-hydrogen) atoms. The molecule has 1 aromatic heterocycles. The van der Waals surface area contributed by atoms with Crippen molar-refractivity contribution in [2.75, 3.05) is 24.7 Å². The summed E-state index contributed by atoms with van der Waals surface area (Å²) in [6, 6.07) is 6.45. The Morgan fingerprint density at radius 3 is 2.60 bits per heavy atom. The van der Waals surface area contributed by atoms with Crippen molar-refractivity contribution in [3.05, 3.63) is 61.0 Å². The lowest BCUT2D eigenvalue weighted by atomic mass is 10.0. The highest BCUT2D eigenvalue weighted by molar-refractivity contribution is 9.10. The Bertz CT molecular complexity index is 938. The molecule has 2 heterocycles. The summed E-state index contributed by atoms with van der Waals surface area (Å²) < 4.78 is 6.46. The number of nitrogens with one attached hydrogen (secondary N) is 2. The number of anilines is 1. The second-order valence-electron chi connectivity index (χ2n) is 8.00. The van der Waals surface area contributed by atoms with Crippen LogP contribution in [0.15, 0.2) is 27.5 Å². The number of pyridine rings is 1. The van der Waals surface area contributed by atoms with Gasteiger partial charge in [0.1, 0.15) is 6.23 Å². The van der Waals surface area contributed by atoms with Crippen LogP contribution in [-0.2, 0) is 11.3 Å². The molecular weight excluding hydrogens is 446 g/mol. The molecule has 164 valence electrons. The van der Waals surface area contributed by atoms with Gasteiger partial charge in [0.2, 0.25) is 0 Å². The van der Waals surface area contributed by atoms with Crippen LogP contribution in [0.1, 0.15) is 53.9 Å². The van der Waals surface area contributed by atoms with Crippen molar-refractivity contribution in [1.29, 1.82) is 0 Å². The van der Waals surface area contributed by atoms with E-state index in [1.165, 1.54) is 0 Å². The second-order valence-corrected chi connectivity index (χ2v) is 8.91. The van der Waals surface area contributed by atoms with Gasteiger partial charge in [-0.2, -0.15) is 0 Å². The van der Waals surface area contributed by atoms with Crippen molar-refractivity contribution in [3.63, 3.8) is 0 Å². The van der Waals surface area contributed by atoms with Gasteiger partial charge in [0.05, 0.1) is 0 Å². The molecule has 0 spiro atoms. The average molecular weight is 478 g/mol. The van der Waals surface area contributed by atoms with E-state index < -0.39 is 6.23 Å². The smallest absolute Gasteiger partial charge is 0.252 e. The van der Waals surface area contributed by atoms with E-state index >= 15 is 0 Å². The maximum absolute atomic E-state index is 12.3. The third kappa shape index (κ3) is 5.14. The van der Waals surface area contributed by atoms with Crippen molar-refractivity contribution < 1.29 is 9.84 Å². The van der Waals surface area contributed by atoms with Crippen LogP contribution in [0.25, 0.3) is 0 Å². The molecule has 0 radical (unpaired) electrons. The molecule has 1 unspecified atom stereocenters. The molecule has 6 nitrogen and oxygen atoms in total. The largest absolute Gasteiger partial charge is 0.381 e. The Labute approximate surface area is 186 Å². The van der Waals surface area contributed by atoms with E-state index in [1.54, 1.807) is 0 Å². The third-order valence-electron chi connectivity index (χ3n) is 5.93. The van der Waals surface area contributed by atoms with Gasteiger partial charge in [-0.15, -0.1) is 0 Å². The molecule has 1 aliphatic heterocycles. The van der Waals surface area contributed by atoms with Crippen LogP contribution in [-0.4, -0.2) is 35.9 Å². The topological polar surface area (TPSA) is 77.6 Å². The summed E-state index contributed by atoms with van der Waals surface area (Å²) in [5.74, 6) is 0. The van der Waals surface area contributed by atoms with Gasteiger partial charge in [0.15, 0.2) is 0 Å². The number of hydrogen-bond acceptors (Lipinski definition) is 5. The van der Waals surface area contributed by atoms with E-state index in [-0.39, 0.29) is 5.56 Å². The number of aromatic nitrogens is 1. The molecule has 3 N–H and O–H groups in total. The summed E-state index contributed by atoms with van der Waals surface area (Å²) in [4.78, 5) is 17.5. The van der Waals surface area contributed by atoms with E-state index in [4.69, 9.17) is 4.74 Å². The fraction of sp³-hybridized carbons (Fsp3) is 0.522. The van der Waals surface area contributed by atoms with Crippen molar-refractivity contribution in [2.45, 2.75) is 59.4 Å². The summed E-state index contributed by atoms with van der Waals surface area (Å²) in [5, 5.41) is 14.1. The lowest BCUT2D eigenvalue weighted by molar-refractivity contribution is 0.0846. The molecule has 1 aliphatic rings. The van der Waals surface area contributed by atoms with Gasteiger partial charge in [-0.1, -0.05) is 15.9 Å². The fourth-order valence-electron chi connectivity index (χ4n) is 4.30. The number of aromatic amines is 1. The highest BCUT2D eigenvalue weighted by Gasteiger charge is 2.24. The van der Waals surface area contributed by atoms with Gasteiger partial charge in [-0.05, 0) is 69.9 Å². The number of hydrogen-bond donors (Lipinski definition) is 3. The first kappa shape index (κ1) is 23.0. The SMILES string of the molecule is CCN(c1cc(Br)cc(C(O)NCc2c(C)cc(C)[nH]c2=O)c1C)C1CCOCC1.